The molecule has 17 heavy (non-hydrogen) atoms. The van der Waals surface area contributed by atoms with Crippen LogP contribution in [0.2, 0.25) is 0 Å². The van der Waals surface area contributed by atoms with Crippen LogP contribution in [0.3, 0.4) is 0 Å². The first-order valence-electron chi connectivity index (χ1n) is 6.64. The first-order valence-corrected chi connectivity index (χ1v) is 6.64. The van der Waals surface area contributed by atoms with Crippen molar-refractivity contribution in [3.05, 3.63) is 12.7 Å². The number of amides is 1. The lowest BCUT2D eigenvalue weighted by molar-refractivity contribution is -0.137. The molecular formula is C15H27NO. The number of hydrogen-bond acceptors (Lipinski definition) is 1. The number of allylic oxidation sites excluding steroid dienone is 1. The lowest BCUT2D eigenvalue weighted by atomic mass is 9.64. The molecular weight excluding hydrogens is 210 g/mol. The average Bonchev–Trinajstić information content (AvgIpc) is 2.19. The van der Waals surface area contributed by atoms with Crippen LogP contribution in [0.1, 0.15) is 53.9 Å². The zero-order valence-corrected chi connectivity index (χ0v) is 12.0. The van der Waals surface area contributed by atoms with E-state index in [0.717, 1.165) is 12.8 Å². The lowest BCUT2D eigenvalue weighted by Gasteiger charge is -2.42. The maximum absolute atomic E-state index is 12.5. The molecule has 0 aromatic carbocycles. The van der Waals surface area contributed by atoms with Crippen molar-refractivity contribution in [2.24, 2.45) is 17.3 Å². The van der Waals surface area contributed by atoms with Crippen LogP contribution in [0.15, 0.2) is 12.7 Å². The van der Waals surface area contributed by atoms with E-state index in [1.807, 2.05) is 26.8 Å². The van der Waals surface area contributed by atoms with Crippen LogP contribution in [0, 0.1) is 17.3 Å². The van der Waals surface area contributed by atoms with Gasteiger partial charge in [-0.3, -0.25) is 4.79 Å². The van der Waals surface area contributed by atoms with Gasteiger partial charge in [-0.15, -0.1) is 6.58 Å². The molecule has 0 aromatic heterocycles. The highest BCUT2D eigenvalue weighted by Crippen LogP contribution is 2.44. The molecule has 0 saturated heterocycles. The summed E-state index contributed by atoms with van der Waals surface area (Å²) in [6, 6.07) is 0. The molecule has 3 atom stereocenters. The minimum absolute atomic E-state index is 0.152. The van der Waals surface area contributed by atoms with Crippen molar-refractivity contribution >= 4 is 5.91 Å². The zero-order chi connectivity index (χ0) is 13.3. The van der Waals surface area contributed by atoms with Crippen molar-refractivity contribution in [1.82, 2.24) is 5.32 Å². The normalized spacial score (nSPS) is 34.2. The van der Waals surface area contributed by atoms with Gasteiger partial charge in [0.25, 0.3) is 0 Å². The fourth-order valence-electron chi connectivity index (χ4n) is 2.63. The summed E-state index contributed by atoms with van der Waals surface area (Å²) in [6.45, 7) is 14.3. The van der Waals surface area contributed by atoms with E-state index in [1.165, 1.54) is 6.42 Å². The number of hydrogen-bond donors (Lipinski definition) is 1. The molecule has 1 rings (SSSR count). The maximum atomic E-state index is 12.5. The highest BCUT2D eigenvalue weighted by Gasteiger charge is 2.43. The first-order chi connectivity index (χ1) is 7.69. The van der Waals surface area contributed by atoms with Gasteiger partial charge in [-0.1, -0.05) is 19.9 Å². The van der Waals surface area contributed by atoms with Gasteiger partial charge >= 0.3 is 0 Å². The third-order valence-corrected chi connectivity index (χ3v) is 4.08. The predicted octanol–water partition coefficient (Wildman–Crippen LogP) is 3.53. The summed E-state index contributed by atoms with van der Waals surface area (Å²) in [5, 5.41) is 3.13. The molecule has 2 heteroatoms. The summed E-state index contributed by atoms with van der Waals surface area (Å²) in [7, 11) is 0. The maximum Gasteiger partial charge on any atom is 0.226 e. The van der Waals surface area contributed by atoms with E-state index in [0.29, 0.717) is 11.8 Å². The summed E-state index contributed by atoms with van der Waals surface area (Å²) in [6.07, 6.45) is 5.22. The van der Waals surface area contributed by atoms with Gasteiger partial charge in [-0.05, 0) is 51.9 Å². The van der Waals surface area contributed by atoms with E-state index in [-0.39, 0.29) is 16.9 Å². The van der Waals surface area contributed by atoms with Crippen molar-refractivity contribution in [1.29, 1.82) is 0 Å². The Morgan fingerprint density at radius 2 is 2.00 bits per heavy atom. The molecule has 1 fully saturated rings. The van der Waals surface area contributed by atoms with Crippen molar-refractivity contribution in [2.45, 2.75) is 59.4 Å². The first kappa shape index (κ1) is 14.3. The number of rotatable bonds is 2. The Hall–Kier alpha value is -0.790. The summed E-state index contributed by atoms with van der Waals surface area (Å²) in [4.78, 5) is 12.5. The zero-order valence-electron chi connectivity index (χ0n) is 12.0. The van der Waals surface area contributed by atoms with Crippen LogP contribution < -0.4 is 5.32 Å². The molecule has 1 amide bonds. The van der Waals surface area contributed by atoms with E-state index >= 15 is 0 Å². The standard InChI is InChI=1S/C15H27NO/c1-7-12-9-8-11(2)15(6,10-12)13(17)16-14(3,4)5/h7,11-12H,1,8-10H2,2-6H3,(H,16,17)/t11-,12+,15+/m0/s1. The molecule has 1 aliphatic rings. The van der Waals surface area contributed by atoms with Gasteiger partial charge in [0.1, 0.15) is 0 Å². The number of nitrogens with one attached hydrogen (secondary N) is 1. The fourth-order valence-corrected chi connectivity index (χ4v) is 2.63. The van der Waals surface area contributed by atoms with Gasteiger partial charge in [0.05, 0.1) is 0 Å². The third-order valence-electron chi connectivity index (χ3n) is 4.08. The smallest absolute Gasteiger partial charge is 0.226 e. The largest absolute Gasteiger partial charge is 0.351 e. The molecule has 0 aliphatic heterocycles. The average molecular weight is 237 g/mol. The second-order valence-corrected chi connectivity index (χ2v) is 6.80. The van der Waals surface area contributed by atoms with Crippen LogP contribution >= 0.6 is 0 Å². The van der Waals surface area contributed by atoms with E-state index in [9.17, 15) is 4.79 Å². The Labute approximate surface area is 106 Å². The Bertz CT molecular complexity index is 303. The van der Waals surface area contributed by atoms with Gasteiger partial charge in [-0.25, -0.2) is 0 Å². The summed E-state index contributed by atoms with van der Waals surface area (Å²) in [5.41, 5.74) is -0.397. The molecule has 0 unspecified atom stereocenters. The molecule has 0 spiro atoms. The lowest BCUT2D eigenvalue weighted by Crippen LogP contribution is -2.52. The van der Waals surface area contributed by atoms with Gasteiger partial charge < -0.3 is 5.32 Å². The quantitative estimate of drug-likeness (QED) is 0.731. The minimum Gasteiger partial charge on any atom is -0.351 e. The Morgan fingerprint density at radius 3 is 2.47 bits per heavy atom. The van der Waals surface area contributed by atoms with E-state index in [4.69, 9.17) is 0 Å². The monoisotopic (exact) mass is 237 g/mol. The predicted molar refractivity (Wildman–Crippen MR) is 72.7 cm³/mol. The van der Waals surface area contributed by atoms with E-state index < -0.39 is 0 Å². The van der Waals surface area contributed by atoms with Crippen molar-refractivity contribution in [3.8, 4) is 0 Å². The Balaban J connectivity index is 2.83. The highest BCUT2D eigenvalue weighted by molar-refractivity contribution is 5.83. The molecule has 0 heterocycles. The highest BCUT2D eigenvalue weighted by atomic mass is 16.2. The summed E-state index contributed by atoms with van der Waals surface area (Å²) >= 11 is 0. The molecule has 0 radical (unpaired) electrons. The van der Waals surface area contributed by atoms with E-state index in [2.05, 4.69) is 25.7 Å². The minimum atomic E-state index is -0.246. The Kier molecular flexibility index (Phi) is 4.06. The third kappa shape index (κ3) is 3.34. The van der Waals surface area contributed by atoms with E-state index in [1.54, 1.807) is 0 Å². The molecule has 1 saturated carbocycles. The van der Waals surface area contributed by atoms with Crippen LogP contribution in [0.25, 0.3) is 0 Å². The van der Waals surface area contributed by atoms with Gasteiger partial charge in [0.2, 0.25) is 5.91 Å². The van der Waals surface area contributed by atoms with Gasteiger partial charge in [0, 0.05) is 11.0 Å². The van der Waals surface area contributed by atoms with Crippen molar-refractivity contribution in [2.75, 3.05) is 0 Å². The topological polar surface area (TPSA) is 29.1 Å². The van der Waals surface area contributed by atoms with Crippen molar-refractivity contribution < 1.29 is 4.79 Å². The van der Waals surface area contributed by atoms with Gasteiger partial charge in [-0.2, -0.15) is 0 Å². The molecule has 0 bridgehead atoms. The molecule has 2 nitrogen and oxygen atoms in total. The second kappa shape index (κ2) is 4.83. The molecule has 1 N–H and O–H groups in total. The van der Waals surface area contributed by atoms with Crippen LogP contribution in [0.4, 0.5) is 0 Å². The molecule has 1 aliphatic carbocycles. The van der Waals surface area contributed by atoms with Crippen LogP contribution in [0.5, 0.6) is 0 Å². The fraction of sp³-hybridized carbons (Fsp3) is 0.800. The van der Waals surface area contributed by atoms with Crippen molar-refractivity contribution in [3.63, 3.8) is 0 Å². The molecule has 0 aromatic rings. The number of carbonyl (C=O) groups excluding carboxylic acids is 1. The van der Waals surface area contributed by atoms with Gasteiger partial charge in [0.15, 0.2) is 0 Å². The summed E-state index contributed by atoms with van der Waals surface area (Å²) in [5.74, 6) is 1.13. The SMILES string of the molecule is C=C[C@@H]1CC[C@H](C)[C@](C)(C(=O)NC(C)(C)C)C1. The Morgan fingerprint density at radius 1 is 1.41 bits per heavy atom. The van der Waals surface area contributed by atoms with Crippen LogP contribution in [-0.4, -0.2) is 11.4 Å². The second-order valence-electron chi connectivity index (χ2n) is 6.80. The summed E-state index contributed by atoms with van der Waals surface area (Å²) < 4.78 is 0. The molecule has 98 valence electrons. The number of carbonyl (C=O) groups is 1. The van der Waals surface area contributed by atoms with Crippen LogP contribution in [-0.2, 0) is 4.79 Å².